The lowest BCUT2D eigenvalue weighted by atomic mass is 10.2. The fraction of sp³-hybridized carbons (Fsp3) is 0.250. The third-order valence-corrected chi connectivity index (χ3v) is 3.66. The molecule has 0 unspecified atom stereocenters. The maximum atomic E-state index is 5.14. The largest absolute Gasteiger partial charge is 0.497 e. The second-order valence-corrected chi connectivity index (χ2v) is 4.74. The van der Waals surface area contributed by atoms with Crippen LogP contribution in [0.4, 0.5) is 0 Å². The van der Waals surface area contributed by atoms with Crippen LogP contribution in [0.2, 0.25) is 0 Å². The molecule has 16 heavy (non-hydrogen) atoms. The summed E-state index contributed by atoms with van der Waals surface area (Å²) < 4.78 is 7.35. The molecule has 82 valence electrons. The standard InChI is InChI=1S/C12H12N2OS/c1-15-10-4-2-9(3-5-10)11-8-14-6-7-16-12(14)13-11/h2-5,8H,6-7H2,1H3. The van der Waals surface area contributed by atoms with Gasteiger partial charge < -0.3 is 9.30 Å². The lowest BCUT2D eigenvalue weighted by molar-refractivity contribution is 0.415. The van der Waals surface area contributed by atoms with Crippen LogP contribution in [0.5, 0.6) is 5.75 Å². The molecule has 1 aromatic heterocycles. The Balaban J connectivity index is 1.95. The normalized spacial score (nSPS) is 13.8. The van der Waals surface area contributed by atoms with Crippen molar-refractivity contribution in [1.82, 2.24) is 9.55 Å². The number of aromatic nitrogens is 2. The summed E-state index contributed by atoms with van der Waals surface area (Å²) in [5, 5.41) is 1.13. The molecule has 4 heteroatoms. The highest BCUT2D eigenvalue weighted by Gasteiger charge is 2.14. The van der Waals surface area contributed by atoms with E-state index in [9.17, 15) is 0 Å². The van der Waals surface area contributed by atoms with Crippen molar-refractivity contribution in [2.45, 2.75) is 11.7 Å². The van der Waals surface area contributed by atoms with E-state index in [0.717, 1.165) is 34.5 Å². The van der Waals surface area contributed by atoms with Crippen molar-refractivity contribution >= 4 is 11.8 Å². The van der Waals surface area contributed by atoms with Gasteiger partial charge in [-0.2, -0.15) is 0 Å². The average molecular weight is 232 g/mol. The van der Waals surface area contributed by atoms with Crippen LogP contribution in [0.3, 0.4) is 0 Å². The molecule has 3 nitrogen and oxygen atoms in total. The molecule has 1 aromatic carbocycles. The molecule has 0 saturated carbocycles. The van der Waals surface area contributed by atoms with Gasteiger partial charge >= 0.3 is 0 Å². The zero-order valence-corrected chi connectivity index (χ0v) is 9.83. The predicted octanol–water partition coefficient (Wildman–Crippen LogP) is 2.66. The number of aryl methyl sites for hydroxylation is 1. The number of imidazole rings is 1. The quantitative estimate of drug-likeness (QED) is 0.796. The lowest BCUT2D eigenvalue weighted by Crippen LogP contribution is -1.89. The summed E-state index contributed by atoms with van der Waals surface area (Å²) in [5.41, 5.74) is 2.19. The van der Waals surface area contributed by atoms with Crippen molar-refractivity contribution in [2.75, 3.05) is 12.9 Å². The number of fused-ring (bicyclic) bond motifs is 1. The van der Waals surface area contributed by atoms with Crippen molar-refractivity contribution in [1.29, 1.82) is 0 Å². The first-order valence-corrected chi connectivity index (χ1v) is 6.20. The Hall–Kier alpha value is -1.42. The number of benzene rings is 1. The molecule has 0 bridgehead atoms. The molecule has 2 heterocycles. The van der Waals surface area contributed by atoms with Gasteiger partial charge in [0.05, 0.1) is 12.8 Å². The minimum Gasteiger partial charge on any atom is -0.497 e. The summed E-state index contributed by atoms with van der Waals surface area (Å²) in [6, 6.07) is 8.02. The third-order valence-electron chi connectivity index (χ3n) is 2.69. The van der Waals surface area contributed by atoms with Gasteiger partial charge in [0.1, 0.15) is 5.75 Å². The predicted molar refractivity (Wildman–Crippen MR) is 64.9 cm³/mol. The lowest BCUT2D eigenvalue weighted by Gasteiger charge is -2.00. The molecule has 0 fully saturated rings. The van der Waals surface area contributed by atoms with Gasteiger partial charge in [-0.15, -0.1) is 0 Å². The minimum absolute atomic E-state index is 0.880. The van der Waals surface area contributed by atoms with Crippen LogP contribution in [0.1, 0.15) is 0 Å². The summed E-state index contributed by atoms with van der Waals surface area (Å²) in [6.07, 6.45) is 2.12. The Labute approximate surface area is 98.5 Å². The van der Waals surface area contributed by atoms with Gasteiger partial charge in [-0.25, -0.2) is 4.98 Å². The Morgan fingerprint density at radius 1 is 1.31 bits per heavy atom. The van der Waals surface area contributed by atoms with Crippen LogP contribution in [-0.2, 0) is 6.54 Å². The van der Waals surface area contributed by atoms with Crippen LogP contribution < -0.4 is 4.74 Å². The van der Waals surface area contributed by atoms with E-state index in [0.29, 0.717) is 0 Å². The summed E-state index contributed by atoms with van der Waals surface area (Å²) in [4.78, 5) is 4.60. The van der Waals surface area contributed by atoms with Crippen LogP contribution in [0, 0.1) is 0 Å². The molecule has 0 amide bonds. The van der Waals surface area contributed by atoms with Gasteiger partial charge in [-0.05, 0) is 24.3 Å². The summed E-state index contributed by atoms with van der Waals surface area (Å²) >= 11 is 1.82. The van der Waals surface area contributed by atoms with Gasteiger partial charge in [0, 0.05) is 24.1 Å². The number of methoxy groups -OCH3 is 1. The van der Waals surface area contributed by atoms with E-state index in [1.807, 2.05) is 36.0 Å². The molecule has 0 atom stereocenters. The number of hydrogen-bond acceptors (Lipinski definition) is 3. The fourth-order valence-electron chi connectivity index (χ4n) is 1.81. The Morgan fingerprint density at radius 2 is 2.12 bits per heavy atom. The highest BCUT2D eigenvalue weighted by atomic mass is 32.2. The Morgan fingerprint density at radius 3 is 2.81 bits per heavy atom. The van der Waals surface area contributed by atoms with Crippen molar-refractivity contribution in [3.63, 3.8) is 0 Å². The first kappa shape index (κ1) is 9.78. The molecule has 0 N–H and O–H groups in total. The van der Waals surface area contributed by atoms with E-state index in [4.69, 9.17) is 4.74 Å². The van der Waals surface area contributed by atoms with Crippen molar-refractivity contribution < 1.29 is 4.74 Å². The number of thioether (sulfide) groups is 1. The Kier molecular flexibility index (Phi) is 2.36. The molecular weight excluding hydrogens is 220 g/mol. The van der Waals surface area contributed by atoms with Gasteiger partial charge in [-0.1, -0.05) is 11.8 Å². The van der Waals surface area contributed by atoms with Gasteiger partial charge in [-0.3, -0.25) is 0 Å². The van der Waals surface area contributed by atoms with E-state index < -0.39 is 0 Å². The molecule has 0 saturated heterocycles. The minimum atomic E-state index is 0.880. The highest BCUT2D eigenvalue weighted by Crippen LogP contribution is 2.29. The second kappa shape index (κ2) is 3.87. The van der Waals surface area contributed by atoms with Crippen molar-refractivity contribution in [3.8, 4) is 17.0 Å². The van der Waals surface area contributed by atoms with Gasteiger partial charge in [0.2, 0.25) is 0 Å². The van der Waals surface area contributed by atoms with E-state index in [-0.39, 0.29) is 0 Å². The molecule has 0 spiro atoms. The molecule has 2 aromatic rings. The Bertz CT molecular complexity index is 483. The molecule has 3 rings (SSSR count). The van der Waals surface area contributed by atoms with E-state index in [1.54, 1.807) is 7.11 Å². The SMILES string of the molecule is COc1ccc(-c2cn3c(n2)SCC3)cc1. The van der Waals surface area contributed by atoms with Crippen LogP contribution in [-0.4, -0.2) is 22.4 Å². The first-order valence-electron chi connectivity index (χ1n) is 5.21. The fourth-order valence-corrected chi connectivity index (χ4v) is 2.75. The van der Waals surface area contributed by atoms with Gasteiger partial charge in [0.15, 0.2) is 5.16 Å². The van der Waals surface area contributed by atoms with Crippen LogP contribution >= 0.6 is 11.8 Å². The van der Waals surface area contributed by atoms with E-state index >= 15 is 0 Å². The van der Waals surface area contributed by atoms with Crippen LogP contribution in [0.25, 0.3) is 11.3 Å². The van der Waals surface area contributed by atoms with Gasteiger partial charge in [0.25, 0.3) is 0 Å². The smallest absolute Gasteiger partial charge is 0.168 e. The number of nitrogens with zero attached hydrogens (tertiary/aromatic N) is 2. The summed E-state index contributed by atoms with van der Waals surface area (Å²) in [6.45, 7) is 1.07. The molecule has 1 aliphatic heterocycles. The number of hydrogen-bond donors (Lipinski definition) is 0. The summed E-state index contributed by atoms with van der Waals surface area (Å²) in [5.74, 6) is 2.02. The van der Waals surface area contributed by atoms with Crippen LogP contribution in [0.15, 0.2) is 35.6 Å². The number of ether oxygens (including phenoxy) is 1. The maximum absolute atomic E-state index is 5.14. The second-order valence-electron chi connectivity index (χ2n) is 3.68. The highest BCUT2D eigenvalue weighted by molar-refractivity contribution is 7.99. The molecule has 0 aliphatic carbocycles. The first-order chi connectivity index (χ1) is 7.86. The monoisotopic (exact) mass is 232 g/mol. The molecule has 0 radical (unpaired) electrons. The van der Waals surface area contributed by atoms with Crippen molar-refractivity contribution in [2.24, 2.45) is 0 Å². The molecular formula is C12H12N2OS. The van der Waals surface area contributed by atoms with E-state index in [1.165, 1.54) is 0 Å². The number of rotatable bonds is 2. The third kappa shape index (κ3) is 1.59. The summed E-state index contributed by atoms with van der Waals surface area (Å²) in [7, 11) is 1.68. The zero-order chi connectivity index (χ0) is 11.0. The average Bonchev–Trinajstić information content (AvgIpc) is 2.89. The molecule has 1 aliphatic rings. The topological polar surface area (TPSA) is 27.1 Å². The van der Waals surface area contributed by atoms with E-state index in [2.05, 4.69) is 15.7 Å². The maximum Gasteiger partial charge on any atom is 0.168 e. The van der Waals surface area contributed by atoms with Crippen molar-refractivity contribution in [3.05, 3.63) is 30.5 Å². The zero-order valence-electron chi connectivity index (χ0n) is 9.01.